The second kappa shape index (κ2) is 11.1. The second-order valence-electron chi connectivity index (χ2n) is 10.8. The Morgan fingerprint density at radius 3 is 2.52 bits per heavy atom. The summed E-state index contributed by atoms with van der Waals surface area (Å²) in [4.78, 5) is 15.6. The van der Waals surface area contributed by atoms with Crippen molar-refractivity contribution in [2.75, 3.05) is 31.6 Å². The van der Waals surface area contributed by atoms with Gasteiger partial charge in [-0.3, -0.25) is 5.32 Å². The van der Waals surface area contributed by atoms with Crippen LogP contribution in [0.25, 0.3) is 0 Å². The highest BCUT2D eigenvalue weighted by Gasteiger charge is 2.67. The van der Waals surface area contributed by atoms with Crippen LogP contribution in [0.1, 0.15) is 80.1 Å². The van der Waals surface area contributed by atoms with Crippen LogP contribution in [0.15, 0.2) is 24.3 Å². The number of hydrogen-bond donors (Lipinski definition) is 1. The number of rotatable bonds is 12. The van der Waals surface area contributed by atoms with Gasteiger partial charge in [0.15, 0.2) is 0 Å². The average molecular weight is 459 g/mol. The van der Waals surface area contributed by atoms with Gasteiger partial charge in [0.05, 0.1) is 12.3 Å². The first-order valence-electron chi connectivity index (χ1n) is 13.2. The topological polar surface area (TPSA) is 50.8 Å². The molecule has 2 aliphatic rings. The fourth-order valence-electron chi connectivity index (χ4n) is 6.39. The maximum Gasteiger partial charge on any atom is 0.412 e. The van der Waals surface area contributed by atoms with Crippen LogP contribution in [-0.4, -0.2) is 43.3 Å². The summed E-state index contributed by atoms with van der Waals surface area (Å²) in [5, 5.41) is 3.00. The highest BCUT2D eigenvalue weighted by molar-refractivity contribution is 5.86. The number of fused-ring (bicyclic) bond motifs is 2. The number of carbonyl (C=O) groups excluding carboxylic acids is 1. The number of ether oxygens (including phenoxy) is 2. The zero-order chi connectivity index (χ0) is 24.1. The number of carbonyl (C=O) groups is 1. The molecule has 0 spiro atoms. The molecule has 33 heavy (non-hydrogen) atoms. The van der Waals surface area contributed by atoms with Crippen LogP contribution < -0.4 is 10.1 Å². The molecule has 186 valence electrons. The van der Waals surface area contributed by atoms with E-state index >= 15 is 0 Å². The maximum absolute atomic E-state index is 13.1. The van der Waals surface area contributed by atoms with Gasteiger partial charge in [-0.1, -0.05) is 72.9 Å². The predicted molar refractivity (Wildman–Crippen MR) is 136 cm³/mol. The average Bonchev–Trinajstić information content (AvgIpc) is 3.11. The lowest BCUT2D eigenvalue weighted by atomic mass is 9.70. The van der Waals surface area contributed by atoms with E-state index in [1.54, 1.807) is 0 Å². The first-order chi connectivity index (χ1) is 15.8. The summed E-state index contributed by atoms with van der Waals surface area (Å²) in [6.45, 7) is 17.4. The summed E-state index contributed by atoms with van der Waals surface area (Å²) >= 11 is 0. The molecular formula is C28H46N2O3. The van der Waals surface area contributed by atoms with Gasteiger partial charge in [0.1, 0.15) is 11.9 Å². The lowest BCUT2D eigenvalue weighted by Crippen LogP contribution is -2.45. The molecule has 0 saturated heterocycles. The van der Waals surface area contributed by atoms with E-state index in [1.807, 2.05) is 24.3 Å². The van der Waals surface area contributed by atoms with Crippen molar-refractivity contribution < 1.29 is 14.3 Å². The Bertz CT molecular complexity index is 776. The molecule has 1 aromatic carbocycles. The van der Waals surface area contributed by atoms with E-state index in [0.717, 1.165) is 32.5 Å². The largest absolute Gasteiger partial charge is 0.491 e. The number of hydrogen-bond acceptors (Lipinski definition) is 4. The molecule has 1 aromatic rings. The van der Waals surface area contributed by atoms with Crippen LogP contribution in [0.2, 0.25) is 0 Å². The second-order valence-corrected chi connectivity index (χ2v) is 10.8. The molecule has 0 heterocycles. The molecule has 0 aliphatic heterocycles. The van der Waals surface area contributed by atoms with Gasteiger partial charge < -0.3 is 14.4 Å². The maximum atomic E-state index is 13.1. The predicted octanol–water partition coefficient (Wildman–Crippen LogP) is 6.98. The Morgan fingerprint density at radius 2 is 1.82 bits per heavy atom. The highest BCUT2D eigenvalue weighted by Crippen LogP contribution is 2.68. The van der Waals surface area contributed by atoms with E-state index < -0.39 is 0 Å². The molecule has 1 amide bonds. The van der Waals surface area contributed by atoms with Crippen LogP contribution in [0, 0.1) is 22.7 Å². The minimum Gasteiger partial charge on any atom is -0.491 e. The Hall–Kier alpha value is -1.75. The minimum absolute atomic E-state index is 0.00210. The van der Waals surface area contributed by atoms with E-state index in [2.05, 4.69) is 51.8 Å². The van der Waals surface area contributed by atoms with Crippen molar-refractivity contribution in [2.45, 2.75) is 86.2 Å². The molecule has 1 N–H and O–H groups in total. The van der Waals surface area contributed by atoms with E-state index in [4.69, 9.17) is 9.47 Å². The van der Waals surface area contributed by atoms with Gasteiger partial charge in [-0.15, -0.1) is 0 Å². The molecule has 5 heteroatoms. The summed E-state index contributed by atoms with van der Waals surface area (Å²) in [7, 11) is 0. The number of para-hydroxylation sites is 2. The van der Waals surface area contributed by atoms with E-state index in [1.165, 1.54) is 25.7 Å². The highest BCUT2D eigenvalue weighted by atomic mass is 16.6. The van der Waals surface area contributed by atoms with Crippen molar-refractivity contribution in [1.82, 2.24) is 4.90 Å². The van der Waals surface area contributed by atoms with Crippen LogP contribution >= 0.6 is 0 Å². The van der Waals surface area contributed by atoms with Gasteiger partial charge in [0.25, 0.3) is 0 Å². The van der Waals surface area contributed by atoms with Crippen molar-refractivity contribution in [1.29, 1.82) is 0 Å². The van der Waals surface area contributed by atoms with Crippen LogP contribution in [0.3, 0.4) is 0 Å². The molecular weight excluding hydrogens is 412 g/mol. The molecule has 2 saturated carbocycles. The van der Waals surface area contributed by atoms with Crippen molar-refractivity contribution in [3.05, 3.63) is 24.3 Å². The molecule has 0 aromatic heterocycles. The molecule has 0 radical (unpaired) electrons. The summed E-state index contributed by atoms with van der Waals surface area (Å²) in [5.41, 5.74) is 0.850. The standard InChI is InChI=1S/C28H46N2O3/c1-7-10-11-14-19-32-24-16-13-12-15-23(24)29-26(31)33-25-21(20-30(8-2)9-3)22-17-18-28(25,6)27(22,4)5/h12-13,15-16,21-22,25H,7-11,14,17-20H2,1-6H3,(H,29,31)/t21-,22+,25-,28-/m0/s1. The van der Waals surface area contributed by atoms with Crippen LogP contribution in [0.5, 0.6) is 5.75 Å². The minimum atomic E-state index is -0.365. The summed E-state index contributed by atoms with van der Waals surface area (Å²) in [6.07, 6.45) is 6.53. The number of benzene rings is 1. The molecule has 3 rings (SSSR count). The summed E-state index contributed by atoms with van der Waals surface area (Å²) in [5.74, 6) is 1.67. The monoisotopic (exact) mass is 458 g/mol. The smallest absolute Gasteiger partial charge is 0.412 e. The van der Waals surface area contributed by atoms with Crippen molar-refractivity contribution >= 4 is 11.8 Å². The molecule has 2 bridgehead atoms. The van der Waals surface area contributed by atoms with Crippen molar-refractivity contribution in [2.24, 2.45) is 22.7 Å². The molecule has 5 nitrogen and oxygen atoms in total. The van der Waals surface area contributed by atoms with Gasteiger partial charge in [-0.25, -0.2) is 4.79 Å². The van der Waals surface area contributed by atoms with E-state index in [9.17, 15) is 4.79 Å². The number of amides is 1. The zero-order valence-corrected chi connectivity index (χ0v) is 21.8. The Kier molecular flexibility index (Phi) is 8.71. The SMILES string of the molecule is CCCCCCOc1ccccc1NC(=O)O[C@H]1[C@@H](CN(CC)CC)[C@H]2CC[C@]1(C)C2(C)C. The van der Waals surface area contributed by atoms with Crippen LogP contribution in [0.4, 0.5) is 10.5 Å². The van der Waals surface area contributed by atoms with Crippen LogP contribution in [-0.2, 0) is 4.74 Å². The first kappa shape index (κ1) is 25.9. The first-order valence-corrected chi connectivity index (χ1v) is 13.2. The van der Waals surface area contributed by atoms with Gasteiger partial charge in [-0.2, -0.15) is 0 Å². The molecule has 4 atom stereocenters. The lowest BCUT2D eigenvalue weighted by Gasteiger charge is -2.40. The summed E-state index contributed by atoms with van der Waals surface area (Å²) in [6, 6.07) is 7.67. The van der Waals surface area contributed by atoms with Gasteiger partial charge in [0.2, 0.25) is 0 Å². The number of anilines is 1. The van der Waals surface area contributed by atoms with Crippen molar-refractivity contribution in [3.8, 4) is 5.75 Å². The van der Waals surface area contributed by atoms with Gasteiger partial charge in [-0.05, 0) is 55.8 Å². The third kappa shape index (κ3) is 5.34. The molecule has 2 fully saturated rings. The van der Waals surface area contributed by atoms with E-state index in [-0.39, 0.29) is 23.0 Å². The lowest BCUT2D eigenvalue weighted by molar-refractivity contribution is -0.0258. The molecule has 2 aliphatic carbocycles. The van der Waals surface area contributed by atoms with Gasteiger partial charge in [0, 0.05) is 17.9 Å². The number of nitrogens with one attached hydrogen (secondary N) is 1. The number of nitrogens with zero attached hydrogens (tertiary/aromatic N) is 1. The Labute approximate surface area is 201 Å². The fraction of sp³-hybridized carbons (Fsp3) is 0.750. The Morgan fingerprint density at radius 1 is 1.09 bits per heavy atom. The normalized spacial score (nSPS) is 27.7. The third-order valence-electron chi connectivity index (χ3n) is 8.88. The van der Waals surface area contributed by atoms with Gasteiger partial charge >= 0.3 is 6.09 Å². The third-order valence-corrected chi connectivity index (χ3v) is 8.88. The zero-order valence-electron chi connectivity index (χ0n) is 21.8. The van der Waals surface area contributed by atoms with Crippen molar-refractivity contribution in [3.63, 3.8) is 0 Å². The summed E-state index contributed by atoms with van der Waals surface area (Å²) < 4.78 is 12.3. The molecule has 0 unspecified atom stereocenters. The fourth-order valence-corrected chi connectivity index (χ4v) is 6.39. The number of unbranched alkanes of at least 4 members (excludes halogenated alkanes) is 3. The quantitative estimate of drug-likeness (QED) is 0.343. The van der Waals surface area contributed by atoms with E-state index in [0.29, 0.717) is 29.9 Å². The Balaban J connectivity index is 1.68.